The third kappa shape index (κ3) is 8.04. The molecule has 0 radical (unpaired) electrons. The van der Waals surface area contributed by atoms with Gasteiger partial charge in [0.25, 0.3) is 5.91 Å². The molecule has 220 valence electrons. The van der Waals surface area contributed by atoms with Crippen molar-refractivity contribution >= 4 is 22.8 Å². The topological polar surface area (TPSA) is 89.3 Å². The van der Waals surface area contributed by atoms with Crippen LogP contribution in [0.5, 0.6) is 5.75 Å². The van der Waals surface area contributed by atoms with Gasteiger partial charge in [-0.15, -0.1) is 0 Å². The lowest BCUT2D eigenvalue weighted by molar-refractivity contribution is -0.133. The summed E-state index contributed by atoms with van der Waals surface area (Å²) in [6.07, 6.45) is 3.31. The molecule has 0 N–H and O–H groups in total. The van der Waals surface area contributed by atoms with Crippen LogP contribution >= 0.6 is 0 Å². The Bertz CT molecular complexity index is 1540. The first kappa shape index (κ1) is 30.5. The number of halogens is 1. The minimum Gasteiger partial charge on any atom is -0.494 e. The van der Waals surface area contributed by atoms with E-state index in [0.29, 0.717) is 34.5 Å². The highest BCUT2D eigenvalue weighted by Gasteiger charge is 2.24. The number of carbonyl (C=O) groups excluding carboxylic acids is 2. The van der Waals surface area contributed by atoms with Crippen LogP contribution in [0.25, 0.3) is 11.0 Å². The van der Waals surface area contributed by atoms with Crippen LogP contribution in [-0.2, 0) is 22.6 Å². The van der Waals surface area contributed by atoms with Crippen LogP contribution in [0.2, 0.25) is 0 Å². The molecule has 1 aromatic heterocycles. The van der Waals surface area contributed by atoms with Crippen molar-refractivity contribution in [2.45, 2.75) is 32.9 Å². The third-order valence-electron chi connectivity index (χ3n) is 6.80. The largest absolute Gasteiger partial charge is 0.494 e. The molecule has 4 rings (SSSR count). The van der Waals surface area contributed by atoms with Crippen molar-refractivity contribution in [2.75, 3.05) is 33.4 Å². The number of methoxy groups -OCH3 is 1. The predicted molar refractivity (Wildman–Crippen MR) is 158 cm³/mol. The molecule has 0 aliphatic rings. The summed E-state index contributed by atoms with van der Waals surface area (Å²) in [6, 6.07) is 19.5. The van der Waals surface area contributed by atoms with E-state index in [-0.39, 0.29) is 49.7 Å². The second-order valence-corrected chi connectivity index (χ2v) is 9.91. The van der Waals surface area contributed by atoms with Crippen LogP contribution in [-0.4, -0.2) is 55.0 Å². The summed E-state index contributed by atoms with van der Waals surface area (Å²) >= 11 is 0. The van der Waals surface area contributed by atoms with Crippen molar-refractivity contribution in [2.24, 2.45) is 0 Å². The number of rotatable bonds is 14. The molecule has 9 heteroatoms. The van der Waals surface area contributed by atoms with Gasteiger partial charge < -0.3 is 23.7 Å². The molecule has 0 saturated heterocycles. The van der Waals surface area contributed by atoms with E-state index in [1.54, 1.807) is 60.7 Å². The van der Waals surface area contributed by atoms with Gasteiger partial charge in [0.05, 0.1) is 37.0 Å². The smallest absolute Gasteiger partial charge is 0.254 e. The van der Waals surface area contributed by atoms with E-state index in [9.17, 15) is 18.8 Å². The summed E-state index contributed by atoms with van der Waals surface area (Å²) in [4.78, 5) is 43.3. The van der Waals surface area contributed by atoms with Gasteiger partial charge in [-0.2, -0.15) is 0 Å². The van der Waals surface area contributed by atoms with Crippen LogP contribution < -0.4 is 10.2 Å². The molecule has 0 unspecified atom stereocenters. The van der Waals surface area contributed by atoms with Gasteiger partial charge in [0.2, 0.25) is 5.91 Å². The number of hydrogen-bond acceptors (Lipinski definition) is 6. The van der Waals surface area contributed by atoms with Crippen molar-refractivity contribution < 1.29 is 27.9 Å². The molecule has 0 spiro atoms. The number of hydrogen-bond donors (Lipinski definition) is 0. The number of benzene rings is 3. The molecule has 2 amide bonds. The van der Waals surface area contributed by atoms with Crippen molar-refractivity contribution in [3.63, 3.8) is 0 Å². The average Bonchev–Trinajstić information content (AvgIpc) is 3.01. The molecule has 0 atom stereocenters. The Labute approximate surface area is 244 Å². The van der Waals surface area contributed by atoms with Crippen LogP contribution in [0.15, 0.2) is 88.3 Å². The Morgan fingerprint density at radius 1 is 0.905 bits per heavy atom. The third-order valence-corrected chi connectivity index (χ3v) is 6.80. The van der Waals surface area contributed by atoms with Gasteiger partial charge in [-0.05, 0) is 60.5 Å². The molecule has 0 fully saturated rings. The molecular formula is C33H35FN2O6. The zero-order chi connectivity index (χ0) is 29.9. The minimum absolute atomic E-state index is 0.0561. The number of para-hydroxylation sites is 1. The normalized spacial score (nSPS) is 10.9. The minimum atomic E-state index is -0.398. The fourth-order valence-corrected chi connectivity index (χ4v) is 4.40. The highest BCUT2D eigenvalue weighted by molar-refractivity contribution is 5.96. The van der Waals surface area contributed by atoms with E-state index in [4.69, 9.17) is 13.9 Å². The van der Waals surface area contributed by atoms with E-state index in [2.05, 4.69) is 6.92 Å². The SMILES string of the molecule is CCCCOc1ccc(C(=O)N(CCOC)CC(=O)N(Cc2ccc(F)cc2)Cc2coc3ccccc3c2=O)cc1. The quantitative estimate of drug-likeness (QED) is 0.187. The van der Waals surface area contributed by atoms with E-state index in [0.717, 1.165) is 12.8 Å². The first-order valence-corrected chi connectivity index (χ1v) is 13.9. The van der Waals surface area contributed by atoms with Crippen molar-refractivity contribution in [1.82, 2.24) is 9.80 Å². The molecule has 0 aliphatic heterocycles. The summed E-state index contributed by atoms with van der Waals surface area (Å²) in [5.74, 6) is -0.465. The zero-order valence-corrected chi connectivity index (χ0v) is 23.9. The van der Waals surface area contributed by atoms with Crippen LogP contribution in [0.3, 0.4) is 0 Å². The lowest BCUT2D eigenvalue weighted by Gasteiger charge is -2.28. The fourth-order valence-electron chi connectivity index (χ4n) is 4.40. The maximum Gasteiger partial charge on any atom is 0.254 e. The van der Waals surface area contributed by atoms with Crippen molar-refractivity contribution in [3.05, 3.63) is 112 Å². The number of carbonyl (C=O) groups is 2. The Hall–Kier alpha value is -4.50. The van der Waals surface area contributed by atoms with Gasteiger partial charge in [0.1, 0.15) is 23.7 Å². The molecule has 8 nitrogen and oxygen atoms in total. The molecule has 1 heterocycles. The summed E-state index contributed by atoms with van der Waals surface area (Å²) in [7, 11) is 1.52. The van der Waals surface area contributed by atoms with Crippen molar-refractivity contribution in [3.8, 4) is 5.75 Å². The van der Waals surface area contributed by atoms with Gasteiger partial charge >= 0.3 is 0 Å². The zero-order valence-electron chi connectivity index (χ0n) is 23.9. The second-order valence-electron chi connectivity index (χ2n) is 9.91. The number of unbranched alkanes of at least 4 members (excludes halogenated alkanes) is 1. The number of ether oxygens (including phenoxy) is 2. The van der Waals surface area contributed by atoms with Gasteiger partial charge in [0, 0.05) is 25.8 Å². The monoisotopic (exact) mass is 574 g/mol. The van der Waals surface area contributed by atoms with Gasteiger partial charge in [-0.1, -0.05) is 37.6 Å². The molecular weight excluding hydrogens is 539 g/mol. The lowest BCUT2D eigenvalue weighted by Crippen LogP contribution is -2.44. The summed E-state index contributed by atoms with van der Waals surface area (Å²) in [5, 5.41) is 0.406. The van der Waals surface area contributed by atoms with Crippen LogP contribution in [0.4, 0.5) is 4.39 Å². The lowest BCUT2D eigenvalue weighted by atomic mass is 10.1. The van der Waals surface area contributed by atoms with Crippen molar-refractivity contribution in [1.29, 1.82) is 0 Å². The number of nitrogens with zero attached hydrogens (tertiary/aromatic N) is 2. The number of fused-ring (bicyclic) bond motifs is 1. The fraction of sp³-hybridized carbons (Fsp3) is 0.303. The van der Waals surface area contributed by atoms with E-state index in [1.165, 1.54) is 35.3 Å². The highest BCUT2D eigenvalue weighted by Crippen LogP contribution is 2.17. The summed E-state index contributed by atoms with van der Waals surface area (Å²) in [6.45, 7) is 2.87. The molecule has 0 aliphatic carbocycles. The van der Waals surface area contributed by atoms with Crippen LogP contribution in [0, 0.1) is 5.82 Å². The maximum absolute atomic E-state index is 13.8. The van der Waals surface area contributed by atoms with Gasteiger partial charge in [0.15, 0.2) is 5.43 Å². The molecule has 42 heavy (non-hydrogen) atoms. The van der Waals surface area contributed by atoms with Gasteiger partial charge in [-0.25, -0.2) is 4.39 Å². The average molecular weight is 575 g/mol. The molecule has 0 bridgehead atoms. The Kier molecular flexibility index (Phi) is 10.8. The molecule has 3 aromatic carbocycles. The Balaban J connectivity index is 1.57. The second kappa shape index (κ2) is 14.9. The Morgan fingerprint density at radius 2 is 1.64 bits per heavy atom. The standard InChI is InChI=1S/C33H35FN2O6/c1-3-4-18-41-28-15-11-25(12-16-28)33(39)35(17-19-40-2)22-31(37)36(20-24-9-13-27(34)14-10-24)21-26-23-42-30-8-6-5-7-29(30)32(26)38/h5-16,23H,3-4,17-22H2,1-2H3. The van der Waals surface area contributed by atoms with Crippen LogP contribution in [0.1, 0.15) is 41.3 Å². The predicted octanol–water partition coefficient (Wildman–Crippen LogP) is 5.43. The first-order chi connectivity index (χ1) is 20.4. The molecule has 0 saturated carbocycles. The number of amides is 2. The van der Waals surface area contributed by atoms with E-state index >= 15 is 0 Å². The summed E-state index contributed by atoms with van der Waals surface area (Å²) < 4.78 is 30.1. The Morgan fingerprint density at radius 3 is 2.36 bits per heavy atom. The summed E-state index contributed by atoms with van der Waals surface area (Å²) in [5.41, 5.74) is 1.56. The highest BCUT2D eigenvalue weighted by atomic mass is 19.1. The van der Waals surface area contributed by atoms with E-state index in [1.807, 2.05) is 0 Å². The van der Waals surface area contributed by atoms with E-state index < -0.39 is 11.7 Å². The first-order valence-electron chi connectivity index (χ1n) is 13.9. The maximum atomic E-state index is 13.8. The van der Waals surface area contributed by atoms with Gasteiger partial charge in [-0.3, -0.25) is 14.4 Å². The molecule has 4 aromatic rings.